The molecule has 3 aromatic carbocycles. The summed E-state index contributed by atoms with van der Waals surface area (Å²) in [6.07, 6.45) is -0.571. The second kappa shape index (κ2) is 11.1. The van der Waals surface area contributed by atoms with Gasteiger partial charge in [0.05, 0.1) is 29.1 Å². The molecule has 1 heterocycles. The summed E-state index contributed by atoms with van der Waals surface area (Å²) in [5.74, 6) is 0.371. The minimum atomic E-state index is -0.823. The zero-order valence-electron chi connectivity index (χ0n) is 21.4. The van der Waals surface area contributed by atoms with Gasteiger partial charge in [0.2, 0.25) is 0 Å². The SMILES string of the molecule is Cc1noc(C(C#N)NC(c2ccccc2)c2ccccc2)c1-c1ccccc1NC(=O)OC(C)(C)C. The van der Waals surface area contributed by atoms with Crippen molar-refractivity contribution in [2.45, 2.75) is 45.4 Å². The first kappa shape index (κ1) is 25.7. The number of carbonyl (C=O) groups excluding carboxylic acids is 1. The van der Waals surface area contributed by atoms with Crippen molar-refractivity contribution in [2.24, 2.45) is 0 Å². The molecule has 0 saturated carbocycles. The number of aryl methyl sites for hydroxylation is 1. The van der Waals surface area contributed by atoms with Gasteiger partial charge in [-0.15, -0.1) is 0 Å². The van der Waals surface area contributed by atoms with Gasteiger partial charge in [-0.25, -0.2) is 4.79 Å². The molecule has 1 amide bonds. The molecule has 0 spiro atoms. The van der Waals surface area contributed by atoms with Crippen molar-refractivity contribution >= 4 is 11.8 Å². The topological polar surface area (TPSA) is 100 Å². The molecule has 0 aliphatic rings. The number of rotatable bonds is 7. The number of nitriles is 1. The molecule has 1 aromatic heterocycles. The van der Waals surface area contributed by atoms with Crippen LogP contribution in [0, 0.1) is 18.3 Å². The summed E-state index contributed by atoms with van der Waals surface area (Å²) >= 11 is 0. The van der Waals surface area contributed by atoms with E-state index in [-0.39, 0.29) is 6.04 Å². The number of benzene rings is 3. The first-order chi connectivity index (χ1) is 17.8. The summed E-state index contributed by atoms with van der Waals surface area (Å²) in [4.78, 5) is 12.5. The number of anilines is 1. The summed E-state index contributed by atoms with van der Waals surface area (Å²) in [6, 6.07) is 28.4. The van der Waals surface area contributed by atoms with Crippen LogP contribution in [0.5, 0.6) is 0 Å². The van der Waals surface area contributed by atoms with Gasteiger partial charge in [0.15, 0.2) is 11.8 Å². The summed E-state index contributed by atoms with van der Waals surface area (Å²) < 4.78 is 11.2. The van der Waals surface area contributed by atoms with E-state index >= 15 is 0 Å². The van der Waals surface area contributed by atoms with Crippen molar-refractivity contribution in [2.75, 3.05) is 5.32 Å². The third-order valence-electron chi connectivity index (χ3n) is 5.71. The average Bonchev–Trinajstić information content (AvgIpc) is 3.26. The number of nitrogens with one attached hydrogen (secondary N) is 2. The number of carbonyl (C=O) groups is 1. The Balaban J connectivity index is 1.72. The smallest absolute Gasteiger partial charge is 0.412 e. The number of aromatic nitrogens is 1. The van der Waals surface area contributed by atoms with Crippen LogP contribution >= 0.6 is 0 Å². The van der Waals surface area contributed by atoms with E-state index in [0.29, 0.717) is 28.3 Å². The normalized spacial score (nSPS) is 12.1. The van der Waals surface area contributed by atoms with E-state index in [1.165, 1.54) is 0 Å². The molecule has 0 bridgehead atoms. The molecule has 0 fully saturated rings. The fourth-order valence-corrected chi connectivity index (χ4v) is 4.15. The molecular weight excluding hydrogens is 464 g/mol. The molecular formula is C30H30N4O3. The molecule has 4 rings (SSSR count). The third kappa shape index (κ3) is 6.24. The van der Waals surface area contributed by atoms with Gasteiger partial charge in [-0.1, -0.05) is 84.0 Å². The van der Waals surface area contributed by atoms with Crippen molar-refractivity contribution in [3.05, 3.63) is 108 Å². The van der Waals surface area contributed by atoms with Gasteiger partial charge >= 0.3 is 6.09 Å². The van der Waals surface area contributed by atoms with Crippen molar-refractivity contribution in [3.8, 4) is 17.2 Å². The number of hydrogen-bond donors (Lipinski definition) is 2. The monoisotopic (exact) mass is 494 g/mol. The van der Waals surface area contributed by atoms with E-state index in [9.17, 15) is 10.1 Å². The van der Waals surface area contributed by atoms with E-state index < -0.39 is 17.7 Å². The fraction of sp³-hybridized carbons (Fsp3) is 0.233. The quantitative estimate of drug-likeness (QED) is 0.289. The molecule has 0 radical (unpaired) electrons. The number of hydrogen-bond acceptors (Lipinski definition) is 6. The van der Waals surface area contributed by atoms with E-state index in [2.05, 4.69) is 21.9 Å². The van der Waals surface area contributed by atoms with Crippen LogP contribution in [0.2, 0.25) is 0 Å². The van der Waals surface area contributed by atoms with Crippen molar-refractivity contribution < 1.29 is 14.1 Å². The average molecular weight is 495 g/mol. The van der Waals surface area contributed by atoms with Crippen LogP contribution in [0.4, 0.5) is 10.5 Å². The zero-order valence-corrected chi connectivity index (χ0v) is 21.4. The maximum Gasteiger partial charge on any atom is 0.412 e. The second-order valence-corrected chi connectivity index (χ2v) is 9.66. The van der Waals surface area contributed by atoms with Gasteiger partial charge in [-0.3, -0.25) is 10.6 Å². The summed E-state index contributed by atoms with van der Waals surface area (Å²) in [6.45, 7) is 7.23. The zero-order chi connectivity index (χ0) is 26.4. The molecule has 2 N–H and O–H groups in total. The maximum atomic E-state index is 12.5. The largest absolute Gasteiger partial charge is 0.444 e. The van der Waals surface area contributed by atoms with Gasteiger partial charge in [0.25, 0.3) is 0 Å². The minimum absolute atomic E-state index is 0.263. The Kier molecular flexibility index (Phi) is 7.71. The molecule has 0 saturated heterocycles. The van der Waals surface area contributed by atoms with Crippen LogP contribution in [0.15, 0.2) is 89.5 Å². The summed E-state index contributed by atoms with van der Waals surface area (Å²) in [7, 11) is 0. The Morgan fingerprint density at radius 1 is 0.946 bits per heavy atom. The molecule has 0 aliphatic carbocycles. The van der Waals surface area contributed by atoms with Gasteiger partial charge in [0.1, 0.15) is 5.60 Å². The Hall–Kier alpha value is -4.41. The molecule has 1 atom stereocenters. The number of ether oxygens (including phenoxy) is 1. The Morgan fingerprint density at radius 3 is 2.08 bits per heavy atom. The first-order valence-electron chi connectivity index (χ1n) is 12.1. The van der Waals surface area contributed by atoms with Gasteiger partial charge < -0.3 is 9.26 Å². The fourth-order valence-electron chi connectivity index (χ4n) is 4.15. The highest BCUT2D eigenvalue weighted by molar-refractivity contribution is 5.92. The molecule has 188 valence electrons. The number of amides is 1. The lowest BCUT2D eigenvalue weighted by Crippen LogP contribution is -2.27. The predicted octanol–water partition coefficient (Wildman–Crippen LogP) is 6.94. The summed E-state index contributed by atoms with van der Waals surface area (Å²) in [5, 5.41) is 20.7. The lowest BCUT2D eigenvalue weighted by atomic mass is 9.95. The van der Waals surface area contributed by atoms with Crippen LogP contribution in [0.1, 0.15) is 55.4 Å². The Morgan fingerprint density at radius 2 is 1.51 bits per heavy atom. The molecule has 4 aromatic rings. The van der Waals surface area contributed by atoms with E-state index in [1.54, 1.807) is 26.8 Å². The third-order valence-corrected chi connectivity index (χ3v) is 5.71. The van der Waals surface area contributed by atoms with Gasteiger partial charge in [0, 0.05) is 5.56 Å². The van der Waals surface area contributed by atoms with Crippen molar-refractivity contribution in [1.82, 2.24) is 10.5 Å². The highest BCUT2D eigenvalue weighted by atomic mass is 16.6. The van der Waals surface area contributed by atoms with Crippen LogP contribution in [0.3, 0.4) is 0 Å². The standard InChI is InChI=1S/C30H30N4O3/c1-20-26(23-17-11-12-18-24(23)33-29(35)36-30(2,3)4)28(37-34-20)25(19-31)32-27(21-13-7-5-8-14-21)22-15-9-6-10-16-22/h5-18,25,27,32H,1-4H3,(H,33,35). The highest BCUT2D eigenvalue weighted by Crippen LogP contribution is 2.37. The highest BCUT2D eigenvalue weighted by Gasteiger charge is 2.29. The predicted molar refractivity (Wildman–Crippen MR) is 143 cm³/mol. The van der Waals surface area contributed by atoms with Crippen molar-refractivity contribution in [1.29, 1.82) is 5.26 Å². The minimum Gasteiger partial charge on any atom is -0.444 e. The Bertz CT molecular complexity index is 1350. The molecule has 0 aliphatic heterocycles. The lowest BCUT2D eigenvalue weighted by Gasteiger charge is -2.23. The summed E-state index contributed by atoms with van der Waals surface area (Å²) in [5.41, 5.74) is 3.84. The van der Waals surface area contributed by atoms with E-state index in [4.69, 9.17) is 9.26 Å². The first-order valence-corrected chi connectivity index (χ1v) is 12.1. The van der Waals surface area contributed by atoms with Crippen LogP contribution in [0.25, 0.3) is 11.1 Å². The molecule has 37 heavy (non-hydrogen) atoms. The van der Waals surface area contributed by atoms with E-state index in [0.717, 1.165) is 11.1 Å². The van der Waals surface area contributed by atoms with Gasteiger partial charge in [-0.05, 0) is 44.9 Å². The number of nitrogens with zero attached hydrogens (tertiary/aromatic N) is 2. The molecule has 1 unspecified atom stereocenters. The van der Waals surface area contributed by atoms with Crippen LogP contribution < -0.4 is 10.6 Å². The van der Waals surface area contributed by atoms with Crippen LogP contribution in [-0.4, -0.2) is 16.9 Å². The van der Waals surface area contributed by atoms with Crippen LogP contribution in [-0.2, 0) is 4.74 Å². The Labute approximate surface area is 217 Å². The second-order valence-electron chi connectivity index (χ2n) is 9.66. The van der Waals surface area contributed by atoms with Gasteiger partial charge in [-0.2, -0.15) is 5.26 Å². The van der Waals surface area contributed by atoms with E-state index in [1.807, 2.05) is 85.8 Å². The number of para-hydroxylation sites is 1. The lowest BCUT2D eigenvalue weighted by molar-refractivity contribution is 0.0636. The van der Waals surface area contributed by atoms with Crippen molar-refractivity contribution in [3.63, 3.8) is 0 Å². The molecule has 7 nitrogen and oxygen atoms in total. The maximum absolute atomic E-state index is 12.5. The molecule has 7 heteroatoms.